The van der Waals surface area contributed by atoms with Crippen LogP contribution in [-0.4, -0.2) is 66.8 Å². The number of benzene rings is 1. The van der Waals surface area contributed by atoms with Gasteiger partial charge in [-0.1, -0.05) is 0 Å². The Morgan fingerprint density at radius 2 is 1.86 bits per heavy atom. The molecule has 0 aliphatic carbocycles. The Hall–Kier alpha value is -3.15. The molecule has 0 atom stereocenters. The summed E-state index contributed by atoms with van der Waals surface area (Å²) in [6.07, 6.45) is 3.29. The number of primary amides is 1. The number of carbonyl (C=O) groups is 1. The number of hydrogen-bond donors (Lipinski definition) is 3. The summed E-state index contributed by atoms with van der Waals surface area (Å²) in [7, 11) is 0. The van der Waals surface area contributed by atoms with Gasteiger partial charge in [0.15, 0.2) is 11.6 Å². The first-order chi connectivity index (χ1) is 17.9. The first-order valence-corrected chi connectivity index (χ1v) is 13.1. The second kappa shape index (κ2) is 10.7. The topological polar surface area (TPSA) is 133 Å². The molecule has 0 radical (unpaired) electrons. The van der Waals surface area contributed by atoms with E-state index >= 15 is 0 Å². The third kappa shape index (κ3) is 5.29. The Morgan fingerprint density at radius 1 is 1.16 bits per heavy atom. The lowest BCUT2D eigenvalue weighted by Gasteiger charge is -2.39. The summed E-state index contributed by atoms with van der Waals surface area (Å²) in [6, 6.07) is 6.10. The van der Waals surface area contributed by atoms with E-state index in [0.29, 0.717) is 38.9 Å². The van der Waals surface area contributed by atoms with Gasteiger partial charge in [0.2, 0.25) is 5.95 Å². The number of nitrogens with two attached hydrogens (primary N) is 1. The molecular formula is C26H36N6O5. The van der Waals surface area contributed by atoms with E-state index in [4.69, 9.17) is 19.9 Å². The second-order valence-electron chi connectivity index (χ2n) is 9.82. The van der Waals surface area contributed by atoms with Crippen LogP contribution in [0.3, 0.4) is 0 Å². The van der Waals surface area contributed by atoms with Gasteiger partial charge in [0.25, 0.3) is 11.5 Å². The lowest BCUT2D eigenvalue weighted by Crippen LogP contribution is -2.45. The zero-order valence-corrected chi connectivity index (χ0v) is 21.5. The third-order valence-corrected chi connectivity index (χ3v) is 7.43. The fourth-order valence-corrected chi connectivity index (χ4v) is 5.39. The zero-order valence-electron chi connectivity index (χ0n) is 21.5. The molecule has 5 rings (SSSR count). The van der Waals surface area contributed by atoms with Gasteiger partial charge in [-0.15, -0.1) is 0 Å². The Morgan fingerprint density at radius 3 is 2.49 bits per heavy atom. The Bertz CT molecular complexity index is 1190. The van der Waals surface area contributed by atoms with Gasteiger partial charge in [0.1, 0.15) is 5.56 Å². The normalized spacial score (nSPS) is 19.8. The minimum atomic E-state index is -0.813. The molecule has 11 heteroatoms. The molecule has 2 aromatic rings. The van der Waals surface area contributed by atoms with Crippen LogP contribution in [0.2, 0.25) is 0 Å². The van der Waals surface area contributed by atoms with Crippen LogP contribution < -0.4 is 26.8 Å². The number of amides is 1. The second-order valence-corrected chi connectivity index (χ2v) is 9.82. The molecule has 1 aromatic heterocycles. The minimum Gasteiger partial charge on any atom is -0.381 e. The highest BCUT2D eigenvalue weighted by molar-refractivity contribution is 5.98. The van der Waals surface area contributed by atoms with Crippen LogP contribution in [0.25, 0.3) is 0 Å². The van der Waals surface area contributed by atoms with Gasteiger partial charge in [-0.3, -0.25) is 14.2 Å². The Kier molecular flexibility index (Phi) is 7.36. The van der Waals surface area contributed by atoms with E-state index in [2.05, 4.69) is 20.5 Å². The summed E-state index contributed by atoms with van der Waals surface area (Å²) in [5, 5.41) is 6.56. The van der Waals surface area contributed by atoms with Gasteiger partial charge in [-0.25, -0.2) is 0 Å². The van der Waals surface area contributed by atoms with Crippen molar-refractivity contribution in [1.29, 1.82) is 0 Å². The largest absolute Gasteiger partial charge is 0.381 e. The number of hydrogen-bond acceptors (Lipinski definition) is 9. The number of carbonyl (C=O) groups excluding carboxylic acids is 1. The summed E-state index contributed by atoms with van der Waals surface area (Å²) in [5.74, 6) is -0.664. The van der Waals surface area contributed by atoms with E-state index in [-0.39, 0.29) is 17.4 Å². The van der Waals surface area contributed by atoms with Crippen molar-refractivity contribution in [3.8, 4) is 0 Å². The maximum absolute atomic E-state index is 13.2. The molecular weight excluding hydrogens is 476 g/mol. The van der Waals surface area contributed by atoms with Crippen LogP contribution in [0.15, 0.2) is 23.0 Å². The molecule has 1 spiro atoms. The molecule has 3 aliphatic heterocycles. The highest BCUT2D eigenvalue weighted by Gasteiger charge is 2.40. The molecule has 0 bridgehead atoms. The van der Waals surface area contributed by atoms with Gasteiger partial charge in [-0.05, 0) is 50.5 Å². The van der Waals surface area contributed by atoms with E-state index < -0.39 is 17.3 Å². The predicted octanol–water partition coefficient (Wildman–Crippen LogP) is 2.35. The summed E-state index contributed by atoms with van der Waals surface area (Å²) in [5.41, 5.74) is 7.93. The van der Waals surface area contributed by atoms with Crippen LogP contribution >= 0.6 is 0 Å². The lowest BCUT2D eigenvalue weighted by atomic mass is 10.0. The monoisotopic (exact) mass is 512 g/mol. The van der Waals surface area contributed by atoms with Crippen LogP contribution in [0.4, 0.5) is 23.1 Å². The van der Waals surface area contributed by atoms with Gasteiger partial charge >= 0.3 is 0 Å². The fourth-order valence-electron chi connectivity index (χ4n) is 5.39. The number of aryl methyl sites for hydroxylation is 1. The average Bonchev–Trinajstić information content (AvgIpc) is 3.33. The first kappa shape index (κ1) is 25.5. The van der Waals surface area contributed by atoms with Crippen molar-refractivity contribution in [3.05, 3.63) is 39.7 Å². The quantitative estimate of drug-likeness (QED) is 0.511. The van der Waals surface area contributed by atoms with Crippen molar-refractivity contribution < 1.29 is 19.0 Å². The number of ether oxygens (including phenoxy) is 3. The summed E-state index contributed by atoms with van der Waals surface area (Å²) >= 11 is 0. The third-order valence-electron chi connectivity index (χ3n) is 7.43. The Balaban J connectivity index is 1.38. The highest BCUT2D eigenvalue weighted by atomic mass is 16.7. The molecule has 0 unspecified atom stereocenters. The number of rotatable bonds is 7. The number of nitrogens with one attached hydrogen (secondary N) is 2. The first-order valence-electron chi connectivity index (χ1n) is 13.1. The summed E-state index contributed by atoms with van der Waals surface area (Å²) in [6.45, 7) is 8.57. The molecule has 37 heavy (non-hydrogen) atoms. The van der Waals surface area contributed by atoms with Crippen molar-refractivity contribution >= 4 is 29.0 Å². The standard InChI is InChI=1S/C26H36N6O5/c1-3-32-24(34)21(22(27)33)23(30-25(32)29-18-6-12-35-13-7-18)28-19-4-5-20(17(2)16-19)31-10-8-26(9-11-31)36-14-15-37-26/h4-5,16,18,28H,3,6-15H2,1-2H3,(H2,27,33)(H,29,30). The summed E-state index contributed by atoms with van der Waals surface area (Å²) in [4.78, 5) is 32.5. The molecule has 11 nitrogen and oxygen atoms in total. The van der Waals surface area contributed by atoms with E-state index in [1.165, 1.54) is 4.57 Å². The van der Waals surface area contributed by atoms with E-state index in [1.807, 2.05) is 32.0 Å². The smallest absolute Gasteiger partial charge is 0.269 e. The average molecular weight is 513 g/mol. The molecule has 0 saturated carbocycles. The van der Waals surface area contributed by atoms with E-state index in [0.717, 1.165) is 55.7 Å². The van der Waals surface area contributed by atoms with Crippen LogP contribution in [0, 0.1) is 6.92 Å². The van der Waals surface area contributed by atoms with E-state index in [9.17, 15) is 9.59 Å². The minimum absolute atomic E-state index is 0.135. The molecule has 3 saturated heterocycles. The lowest BCUT2D eigenvalue weighted by molar-refractivity contribution is -0.169. The van der Waals surface area contributed by atoms with Crippen molar-refractivity contribution in [1.82, 2.24) is 9.55 Å². The SMILES string of the molecule is CCn1c(NC2CCOCC2)nc(Nc2ccc(N3CCC4(CC3)OCCO4)c(C)c2)c(C(N)=O)c1=O. The molecule has 1 aromatic carbocycles. The van der Waals surface area contributed by atoms with Crippen molar-refractivity contribution in [2.75, 3.05) is 55.1 Å². The molecule has 4 heterocycles. The van der Waals surface area contributed by atoms with Gasteiger partial charge < -0.3 is 35.5 Å². The predicted molar refractivity (Wildman–Crippen MR) is 141 cm³/mol. The number of piperidine rings is 1. The van der Waals surface area contributed by atoms with Gasteiger partial charge in [0, 0.05) is 63.1 Å². The number of anilines is 4. The number of nitrogens with zero attached hydrogens (tertiary/aromatic N) is 3. The molecule has 1 amide bonds. The fraction of sp³-hybridized carbons (Fsp3) is 0.577. The van der Waals surface area contributed by atoms with Gasteiger partial charge in [0.05, 0.1) is 13.2 Å². The maximum Gasteiger partial charge on any atom is 0.269 e. The van der Waals surface area contributed by atoms with Crippen LogP contribution in [0.1, 0.15) is 48.5 Å². The molecule has 3 aliphatic rings. The summed E-state index contributed by atoms with van der Waals surface area (Å²) < 4.78 is 18.6. The zero-order chi connectivity index (χ0) is 26.0. The molecule has 3 fully saturated rings. The van der Waals surface area contributed by atoms with Crippen molar-refractivity contribution in [2.45, 2.75) is 57.9 Å². The Labute approximate surface area is 216 Å². The van der Waals surface area contributed by atoms with Crippen molar-refractivity contribution in [2.24, 2.45) is 5.73 Å². The molecule has 4 N–H and O–H groups in total. The maximum atomic E-state index is 13.2. The van der Waals surface area contributed by atoms with E-state index in [1.54, 1.807) is 0 Å². The molecule has 200 valence electrons. The van der Waals surface area contributed by atoms with Crippen LogP contribution in [0.5, 0.6) is 0 Å². The van der Waals surface area contributed by atoms with Crippen molar-refractivity contribution in [3.63, 3.8) is 0 Å². The van der Waals surface area contributed by atoms with Crippen LogP contribution in [-0.2, 0) is 20.8 Å². The highest BCUT2D eigenvalue weighted by Crippen LogP contribution is 2.35. The number of aromatic nitrogens is 2. The van der Waals surface area contributed by atoms with Gasteiger partial charge in [-0.2, -0.15) is 4.98 Å².